The second kappa shape index (κ2) is 4.98. The molecule has 0 aromatic carbocycles. The van der Waals surface area contributed by atoms with Crippen molar-refractivity contribution in [2.75, 3.05) is 0 Å². The maximum atomic E-state index is 10.8. The lowest BCUT2D eigenvalue weighted by molar-refractivity contribution is -0.110. The van der Waals surface area contributed by atoms with Gasteiger partial charge in [0.15, 0.2) is 5.78 Å². The Kier molecular flexibility index (Phi) is 4.55. The van der Waals surface area contributed by atoms with E-state index in [0.717, 1.165) is 12.0 Å². The molecule has 10 heavy (non-hydrogen) atoms. The molecular weight excluding hydrogens is 124 g/mol. The Morgan fingerprint density at radius 1 is 1.50 bits per heavy atom. The first-order valence-corrected chi connectivity index (χ1v) is 3.54. The van der Waals surface area contributed by atoms with Gasteiger partial charge in [-0.25, -0.2) is 0 Å². The molecule has 1 heteroatoms. The molecule has 56 valence electrons. The van der Waals surface area contributed by atoms with Crippen molar-refractivity contribution in [3.8, 4) is 0 Å². The maximum absolute atomic E-state index is 10.8. The third-order valence-electron chi connectivity index (χ3n) is 1.28. The molecule has 0 heterocycles. The summed E-state index contributed by atoms with van der Waals surface area (Å²) >= 11 is 0. The topological polar surface area (TPSA) is 17.1 Å². The molecule has 0 saturated carbocycles. The van der Waals surface area contributed by atoms with Crippen molar-refractivity contribution in [1.82, 2.24) is 0 Å². The van der Waals surface area contributed by atoms with Gasteiger partial charge in [-0.2, -0.15) is 0 Å². The zero-order valence-corrected chi connectivity index (χ0v) is 6.85. The molecule has 0 aliphatic heterocycles. The summed E-state index contributed by atoms with van der Waals surface area (Å²) in [5, 5.41) is 0. The van der Waals surface area contributed by atoms with Crippen LogP contribution in [-0.2, 0) is 4.79 Å². The summed E-state index contributed by atoms with van der Waals surface area (Å²) in [6, 6.07) is 0. The average molecular weight is 138 g/mol. The number of rotatable bonds is 3. The Bertz CT molecular complexity index is 164. The predicted molar refractivity (Wildman–Crippen MR) is 43.9 cm³/mol. The minimum absolute atomic E-state index is 0.0850. The third kappa shape index (κ3) is 4.07. The van der Waals surface area contributed by atoms with Gasteiger partial charge in [0.2, 0.25) is 0 Å². The first-order chi connectivity index (χ1) is 4.70. The fourth-order valence-electron chi connectivity index (χ4n) is 0.557. The van der Waals surface area contributed by atoms with Crippen molar-refractivity contribution in [1.29, 1.82) is 0 Å². The Labute approximate surface area is 62.4 Å². The maximum Gasteiger partial charge on any atom is 0.178 e. The van der Waals surface area contributed by atoms with Crippen molar-refractivity contribution in [3.05, 3.63) is 23.8 Å². The highest BCUT2D eigenvalue weighted by molar-refractivity contribution is 5.99. The van der Waals surface area contributed by atoms with E-state index in [9.17, 15) is 4.79 Å². The third-order valence-corrected chi connectivity index (χ3v) is 1.28. The predicted octanol–water partition coefficient (Wildman–Crippen LogP) is 2.49. The molecule has 0 aliphatic rings. The van der Waals surface area contributed by atoms with Crippen LogP contribution in [0.3, 0.4) is 0 Å². The van der Waals surface area contributed by atoms with Crippen molar-refractivity contribution in [3.63, 3.8) is 0 Å². The van der Waals surface area contributed by atoms with Gasteiger partial charge in [0.1, 0.15) is 0 Å². The van der Waals surface area contributed by atoms with Crippen LogP contribution in [-0.4, -0.2) is 5.78 Å². The summed E-state index contributed by atoms with van der Waals surface area (Å²) in [6.07, 6.45) is 5.93. The smallest absolute Gasteiger partial charge is 0.178 e. The van der Waals surface area contributed by atoms with Gasteiger partial charge in [-0.05, 0) is 32.4 Å². The summed E-state index contributed by atoms with van der Waals surface area (Å²) in [6.45, 7) is 5.84. The van der Waals surface area contributed by atoms with Crippen LogP contribution in [0.15, 0.2) is 23.8 Å². The Morgan fingerprint density at radius 3 is 2.50 bits per heavy atom. The molecule has 0 aromatic rings. The standard InChI is InChI=1S/C9H14O/c1-4-6-9(10)7-8(3)5-2/h4,6-7H,5H2,1-3H3/b6-4-,8-7+. The molecule has 0 atom stereocenters. The molecule has 0 bridgehead atoms. The Morgan fingerprint density at radius 2 is 2.10 bits per heavy atom. The molecule has 0 radical (unpaired) electrons. The Hall–Kier alpha value is -0.850. The fourth-order valence-corrected chi connectivity index (χ4v) is 0.557. The highest BCUT2D eigenvalue weighted by Crippen LogP contribution is 1.97. The van der Waals surface area contributed by atoms with Crippen LogP contribution >= 0.6 is 0 Å². The van der Waals surface area contributed by atoms with E-state index in [1.807, 2.05) is 20.8 Å². The first kappa shape index (κ1) is 9.15. The minimum atomic E-state index is 0.0850. The summed E-state index contributed by atoms with van der Waals surface area (Å²) in [4.78, 5) is 10.8. The van der Waals surface area contributed by atoms with E-state index in [2.05, 4.69) is 0 Å². The minimum Gasteiger partial charge on any atom is -0.290 e. The van der Waals surface area contributed by atoms with Gasteiger partial charge in [-0.1, -0.05) is 18.6 Å². The zero-order chi connectivity index (χ0) is 7.98. The molecule has 0 aliphatic carbocycles. The van der Waals surface area contributed by atoms with Gasteiger partial charge >= 0.3 is 0 Å². The van der Waals surface area contributed by atoms with Crippen LogP contribution in [0.1, 0.15) is 27.2 Å². The van der Waals surface area contributed by atoms with Crippen LogP contribution in [0.25, 0.3) is 0 Å². The van der Waals surface area contributed by atoms with Crippen LogP contribution in [0.4, 0.5) is 0 Å². The van der Waals surface area contributed by atoms with E-state index in [1.54, 1.807) is 18.2 Å². The van der Waals surface area contributed by atoms with Gasteiger partial charge < -0.3 is 0 Å². The molecular formula is C9H14O. The lowest BCUT2D eigenvalue weighted by atomic mass is 10.2. The number of carbonyl (C=O) groups excluding carboxylic acids is 1. The lowest BCUT2D eigenvalue weighted by Gasteiger charge is -1.89. The van der Waals surface area contributed by atoms with Crippen molar-refractivity contribution >= 4 is 5.78 Å². The Balaban J connectivity index is 4.00. The molecule has 1 nitrogen and oxygen atoms in total. The second-order valence-corrected chi connectivity index (χ2v) is 2.25. The number of hydrogen-bond acceptors (Lipinski definition) is 1. The van der Waals surface area contributed by atoms with Gasteiger partial charge in [0.25, 0.3) is 0 Å². The van der Waals surface area contributed by atoms with Crippen molar-refractivity contribution in [2.45, 2.75) is 27.2 Å². The first-order valence-electron chi connectivity index (χ1n) is 3.54. The van der Waals surface area contributed by atoms with Crippen LogP contribution < -0.4 is 0 Å². The molecule has 0 saturated heterocycles. The largest absolute Gasteiger partial charge is 0.290 e. The second-order valence-electron chi connectivity index (χ2n) is 2.25. The monoisotopic (exact) mass is 138 g/mol. The van der Waals surface area contributed by atoms with E-state index < -0.39 is 0 Å². The molecule has 0 amide bonds. The molecule has 0 spiro atoms. The van der Waals surface area contributed by atoms with E-state index in [1.165, 1.54) is 0 Å². The summed E-state index contributed by atoms with van der Waals surface area (Å²) in [5.74, 6) is 0.0850. The molecule has 0 N–H and O–H groups in total. The van der Waals surface area contributed by atoms with E-state index in [0.29, 0.717) is 0 Å². The van der Waals surface area contributed by atoms with Crippen molar-refractivity contribution in [2.24, 2.45) is 0 Å². The highest BCUT2D eigenvalue weighted by atomic mass is 16.1. The number of hydrogen-bond donors (Lipinski definition) is 0. The van der Waals surface area contributed by atoms with Crippen LogP contribution in [0.5, 0.6) is 0 Å². The molecule has 0 aromatic heterocycles. The van der Waals surface area contributed by atoms with Gasteiger partial charge in [-0.3, -0.25) is 4.79 Å². The normalized spacial score (nSPS) is 12.5. The van der Waals surface area contributed by atoms with E-state index in [-0.39, 0.29) is 5.78 Å². The summed E-state index contributed by atoms with van der Waals surface area (Å²) in [7, 11) is 0. The summed E-state index contributed by atoms with van der Waals surface area (Å²) < 4.78 is 0. The van der Waals surface area contributed by atoms with Gasteiger partial charge in [-0.15, -0.1) is 0 Å². The van der Waals surface area contributed by atoms with Gasteiger partial charge in [0, 0.05) is 0 Å². The van der Waals surface area contributed by atoms with Gasteiger partial charge in [0.05, 0.1) is 0 Å². The molecule has 0 fully saturated rings. The lowest BCUT2D eigenvalue weighted by Crippen LogP contribution is -1.86. The number of allylic oxidation sites excluding steroid dienone is 4. The van der Waals surface area contributed by atoms with E-state index in [4.69, 9.17) is 0 Å². The van der Waals surface area contributed by atoms with Crippen LogP contribution in [0, 0.1) is 0 Å². The number of carbonyl (C=O) groups is 1. The SMILES string of the molecule is C/C=C\C(=O)/C=C(\C)CC. The van der Waals surface area contributed by atoms with Crippen molar-refractivity contribution < 1.29 is 4.79 Å². The average Bonchev–Trinajstić information content (AvgIpc) is 1.88. The molecule has 0 rings (SSSR count). The zero-order valence-electron chi connectivity index (χ0n) is 6.85. The molecule has 0 unspecified atom stereocenters. The van der Waals surface area contributed by atoms with E-state index >= 15 is 0 Å². The highest BCUT2D eigenvalue weighted by Gasteiger charge is 1.89. The fraction of sp³-hybridized carbons (Fsp3) is 0.444. The summed E-state index contributed by atoms with van der Waals surface area (Å²) in [5.41, 5.74) is 1.13. The quantitative estimate of drug-likeness (QED) is 0.547. The van der Waals surface area contributed by atoms with Crippen LogP contribution in [0.2, 0.25) is 0 Å². The number of ketones is 1.